The lowest BCUT2D eigenvalue weighted by atomic mass is 9.87. The summed E-state index contributed by atoms with van der Waals surface area (Å²) in [6, 6.07) is 21.4. The Hall–Kier alpha value is -3.47. The van der Waals surface area contributed by atoms with Gasteiger partial charge >= 0.3 is 6.09 Å². The van der Waals surface area contributed by atoms with Crippen LogP contribution in [-0.2, 0) is 24.8 Å². The Balaban J connectivity index is 1.52. The van der Waals surface area contributed by atoms with Crippen LogP contribution in [0.15, 0.2) is 66.7 Å². The summed E-state index contributed by atoms with van der Waals surface area (Å²) in [5.74, 6) is 0.820. The molecule has 178 valence electrons. The minimum Gasteiger partial charge on any atom is -0.508 e. The molecule has 0 saturated carbocycles. The van der Waals surface area contributed by atoms with E-state index in [9.17, 15) is 9.90 Å². The van der Waals surface area contributed by atoms with Gasteiger partial charge in [-0.25, -0.2) is 4.79 Å². The first-order chi connectivity index (χ1) is 16.3. The fourth-order valence-electron chi connectivity index (χ4n) is 4.21. The number of aryl methyl sites for hydroxylation is 1. The fourth-order valence-corrected chi connectivity index (χ4v) is 4.21. The number of phenols is 1. The van der Waals surface area contributed by atoms with Crippen LogP contribution >= 0.6 is 0 Å². The van der Waals surface area contributed by atoms with E-state index in [2.05, 4.69) is 56.4 Å². The molecule has 1 aliphatic rings. The molecule has 0 radical (unpaired) electrons. The van der Waals surface area contributed by atoms with Crippen LogP contribution in [0.25, 0.3) is 0 Å². The van der Waals surface area contributed by atoms with Crippen molar-refractivity contribution in [2.24, 2.45) is 0 Å². The molecule has 1 heterocycles. The zero-order valence-electron chi connectivity index (χ0n) is 20.3. The van der Waals surface area contributed by atoms with Crippen LogP contribution in [0.2, 0.25) is 0 Å². The lowest BCUT2D eigenvalue weighted by molar-refractivity contribution is 0.150. The normalized spacial score (nSPS) is 13.0. The van der Waals surface area contributed by atoms with Crippen molar-refractivity contribution in [2.75, 3.05) is 18.4 Å². The number of benzene rings is 3. The van der Waals surface area contributed by atoms with Crippen LogP contribution in [-0.4, -0.2) is 29.2 Å². The molecule has 1 aliphatic heterocycles. The highest BCUT2D eigenvalue weighted by Gasteiger charge is 2.21. The molecule has 0 spiro atoms. The van der Waals surface area contributed by atoms with Crippen molar-refractivity contribution < 1.29 is 14.6 Å². The Morgan fingerprint density at radius 3 is 2.41 bits per heavy atom. The molecule has 4 rings (SSSR count). The Morgan fingerprint density at radius 1 is 1.00 bits per heavy atom. The lowest BCUT2D eigenvalue weighted by Gasteiger charge is -2.25. The molecule has 0 aromatic heterocycles. The smallest absolute Gasteiger partial charge is 0.415 e. The van der Waals surface area contributed by atoms with Crippen molar-refractivity contribution in [1.29, 1.82) is 0 Å². The van der Waals surface area contributed by atoms with E-state index in [0.717, 1.165) is 36.2 Å². The molecule has 0 aliphatic carbocycles. The number of hydrogen-bond donors (Lipinski definition) is 2. The Labute approximate surface area is 202 Å². The number of phenolic OH excluding ortho intramolecular Hbond substituents is 1. The van der Waals surface area contributed by atoms with Crippen LogP contribution in [0.5, 0.6) is 11.5 Å². The van der Waals surface area contributed by atoms with Gasteiger partial charge in [-0.1, -0.05) is 69.3 Å². The average molecular weight is 459 g/mol. The fraction of sp³-hybridized carbons (Fsp3) is 0.345. The number of rotatable bonds is 6. The first-order valence-corrected chi connectivity index (χ1v) is 12.0. The summed E-state index contributed by atoms with van der Waals surface area (Å²) in [4.78, 5) is 15.1. The molecule has 0 atom stereocenters. The number of carbonyl (C=O) groups is 1. The van der Waals surface area contributed by atoms with Crippen LogP contribution in [0.4, 0.5) is 10.5 Å². The van der Waals surface area contributed by atoms with Crippen molar-refractivity contribution in [3.05, 3.63) is 89.0 Å². The monoisotopic (exact) mass is 458 g/mol. The Morgan fingerprint density at radius 2 is 1.71 bits per heavy atom. The zero-order valence-corrected chi connectivity index (χ0v) is 20.3. The second kappa shape index (κ2) is 10.2. The van der Waals surface area contributed by atoms with E-state index in [0.29, 0.717) is 25.3 Å². The number of amides is 1. The molecule has 0 saturated heterocycles. The van der Waals surface area contributed by atoms with E-state index in [1.54, 1.807) is 17.0 Å². The van der Waals surface area contributed by atoms with Crippen LogP contribution < -0.4 is 10.1 Å². The summed E-state index contributed by atoms with van der Waals surface area (Å²) in [6.07, 6.45) is 2.37. The van der Waals surface area contributed by atoms with Gasteiger partial charge in [0, 0.05) is 19.6 Å². The zero-order chi connectivity index (χ0) is 24.1. The van der Waals surface area contributed by atoms with Gasteiger partial charge in [0.1, 0.15) is 5.75 Å². The maximum atomic E-state index is 13.3. The minimum atomic E-state index is -0.362. The Kier molecular flexibility index (Phi) is 7.11. The quantitative estimate of drug-likeness (QED) is 0.456. The van der Waals surface area contributed by atoms with E-state index in [-0.39, 0.29) is 17.3 Å². The maximum Gasteiger partial charge on any atom is 0.415 e. The molecule has 0 fully saturated rings. The summed E-state index contributed by atoms with van der Waals surface area (Å²) < 4.78 is 5.92. The third-order valence-corrected chi connectivity index (χ3v) is 6.29. The van der Waals surface area contributed by atoms with Crippen molar-refractivity contribution in [3.63, 3.8) is 0 Å². The van der Waals surface area contributed by atoms with Gasteiger partial charge in [0.05, 0.1) is 5.69 Å². The molecular formula is C29H34N2O3. The SMILES string of the molecule is CC(C)(C)c1ccc(CN(CCc2ccc(O)cc2)C(=O)Oc2cccc3c2NCCC3)cc1. The minimum absolute atomic E-state index is 0.0788. The van der Waals surface area contributed by atoms with Gasteiger partial charge in [-0.05, 0) is 65.1 Å². The number of para-hydroxylation sites is 1. The van der Waals surface area contributed by atoms with Crippen LogP contribution in [0.1, 0.15) is 49.4 Å². The molecular weight excluding hydrogens is 424 g/mol. The Bertz CT molecular complexity index is 1120. The number of aromatic hydroxyl groups is 1. The highest BCUT2D eigenvalue weighted by molar-refractivity contribution is 5.75. The average Bonchev–Trinajstić information content (AvgIpc) is 2.82. The van der Waals surface area contributed by atoms with Gasteiger partial charge in [-0.15, -0.1) is 0 Å². The highest BCUT2D eigenvalue weighted by Crippen LogP contribution is 2.32. The van der Waals surface area contributed by atoms with Gasteiger partial charge < -0.3 is 20.1 Å². The van der Waals surface area contributed by atoms with E-state index >= 15 is 0 Å². The van der Waals surface area contributed by atoms with E-state index in [1.807, 2.05) is 24.3 Å². The number of nitrogens with zero attached hydrogens (tertiary/aromatic N) is 1. The highest BCUT2D eigenvalue weighted by atomic mass is 16.6. The number of hydrogen-bond acceptors (Lipinski definition) is 4. The van der Waals surface area contributed by atoms with Gasteiger partial charge in [0.2, 0.25) is 0 Å². The van der Waals surface area contributed by atoms with Crippen LogP contribution in [0.3, 0.4) is 0 Å². The number of carbonyl (C=O) groups excluding carboxylic acids is 1. The standard InChI is InChI=1S/C29H34N2O3/c1-29(2,3)24-13-9-22(10-14-24)20-31(19-17-21-11-15-25(32)16-12-21)28(33)34-26-8-4-6-23-7-5-18-30-27(23)26/h4,6,8-16,30,32H,5,7,17-20H2,1-3H3. The van der Waals surface area contributed by atoms with Crippen molar-refractivity contribution >= 4 is 11.8 Å². The lowest BCUT2D eigenvalue weighted by Crippen LogP contribution is -2.35. The second-order valence-electron chi connectivity index (χ2n) is 9.97. The largest absolute Gasteiger partial charge is 0.508 e. The molecule has 3 aromatic carbocycles. The molecule has 5 nitrogen and oxygen atoms in total. The predicted octanol–water partition coefficient (Wildman–Crippen LogP) is 6.29. The number of anilines is 1. The molecule has 2 N–H and O–H groups in total. The first kappa shape index (κ1) is 23.7. The maximum absolute atomic E-state index is 13.3. The number of ether oxygens (including phenoxy) is 1. The third kappa shape index (κ3) is 5.90. The molecule has 5 heteroatoms. The molecule has 34 heavy (non-hydrogen) atoms. The van der Waals surface area contributed by atoms with E-state index in [4.69, 9.17) is 4.74 Å². The van der Waals surface area contributed by atoms with Gasteiger partial charge in [-0.3, -0.25) is 0 Å². The molecule has 0 unspecified atom stereocenters. The van der Waals surface area contributed by atoms with E-state index in [1.165, 1.54) is 11.1 Å². The summed E-state index contributed by atoms with van der Waals surface area (Å²) in [5, 5.41) is 13.0. The first-order valence-electron chi connectivity index (χ1n) is 12.0. The van der Waals surface area contributed by atoms with E-state index < -0.39 is 0 Å². The molecule has 3 aromatic rings. The van der Waals surface area contributed by atoms with Gasteiger partial charge in [0.25, 0.3) is 0 Å². The van der Waals surface area contributed by atoms with Crippen LogP contribution in [0, 0.1) is 0 Å². The topological polar surface area (TPSA) is 61.8 Å². The molecule has 1 amide bonds. The molecule has 0 bridgehead atoms. The van der Waals surface area contributed by atoms with Crippen molar-refractivity contribution in [2.45, 2.75) is 52.0 Å². The van der Waals surface area contributed by atoms with Gasteiger partial charge in [0.15, 0.2) is 5.75 Å². The number of nitrogens with one attached hydrogen (secondary N) is 1. The van der Waals surface area contributed by atoms with Crippen molar-refractivity contribution in [1.82, 2.24) is 4.90 Å². The second-order valence-corrected chi connectivity index (χ2v) is 9.97. The number of fused-ring (bicyclic) bond motifs is 1. The van der Waals surface area contributed by atoms with Gasteiger partial charge in [-0.2, -0.15) is 0 Å². The summed E-state index contributed by atoms with van der Waals surface area (Å²) >= 11 is 0. The summed E-state index contributed by atoms with van der Waals surface area (Å²) in [7, 11) is 0. The summed E-state index contributed by atoms with van der Waals surface area (Å²) in [6.45, 7) is 8.43. The van der Waals surface area contributed by atoms with Crippen molar-refractivity contribution in [3.8, 4) is 11.5 Å². The predicted molar refractivity (Wildman–Crippen MR) is 137 cm³/mol. The summed E-state index contributed by atoms with van der Waals surface area (Å²) in [5.41, 5.74) is 5.56. The third-order valence-electron chi connectivity index (χ3n) is 6.29.